The van der Waals surface area contributed by atoms with E-state index in [9.17, 15) is 14.9 Å². The number of nitrogens with one attached hydrogen (secondary N) is 2. The highest BCUT2D eigenvalue weighted by Gasteiger charge is 2.29. The second-order valence-corrected chi connectivity index (χ2v) is 6.18. The van der Waals surface area contributed by atoms with E-state index in [2.05, 4.69) is 10.6 Å². The van der Waals surface area contributed by atoms with Crippen LogP contribution in [0.3, 0.4) is 0 Å². The predicted molar refractivity (Wildman–Crippen MR) is 109 cm³/mol. The molecule has 150 valence electrons. The standard InChI is InChI=1S/C19H22N4O4.ClH/c1-27-18-9-5-2-6-14(18)17-12-20-10-11-22(17)19(24)13-21-15-7-3-4-8-16(15)23(25)26;/h2-9,17,20-21H,10-13H2,1H3;1H. The highest BCUT2D eigenvalue weighted by molar-refractivity contribution is 5.85. The molecule has 1 saturated heterocycles. The van der Waals surface area contributed by atoms with Crippen LogP contribution in [0.5, 0.6) is 5.75 Å². The van der Waals surface area contributed by atoms with Crippen molar-refractivity contribution in [3.63, 3.8) is 0 Å². The molecule has 1 aliphatic rings. The van der Waals surface area contributed by atoms with E-state index in [1.54, 1.807) is 30.2 Å². The summed E-state index contributed by atoms with van der Waals surface area (Å²) in [6, 6.07) is 13.8. The Labute approximate surface area is 169 Å². The number of methoxy groups -OCH3 is 1. The molecule has 28 heavy (non-hydrogen) atoms. The summed E-state index contributed by atoms with van der Waals surface area (Å²) in [6.07, 6.45) is 0. The third kappa shape index (κ3) is 4.71. The molecule has 0 aromatic heterocycles. The molecule has 3 rings (SSSR count). The molecule has 0 radical (unpaired) electrons. The summed E-state index contributed by atoms with van der Waals surface area (Å²) in [5.74, 6) is 0.612. The van der Waals surface area contributed by atoms with Gasteiger partial charge in [0.2, 0.25) is 5.91 Å². The number of para-hydroxylation sites is 3. The van der Waals surface area contributed by atoms with Crippen LogP contribution >= 0.6 is 12.4 Å². The van der Waals surface area contributed by atoms with Crippen molar-refractivity contribution in [3.05, 3.63) is 64.2 Å². The van der Waals surface area contributed by atoms with Gasteiger partial charge in [0.15, 0.2) is 0 Å². The number of benzene rings is 2. The molecular weight excluding hydrogens is 384 g/mol. The first-order chi connectivity index (χ1) is 13.1. The summed E-state index contributed by atoms with van der Waals surface area (Å²) in [7, 11) is 1.61. The Morgan fingerprint density at radius 3 is 2.75 bits per heavy atom. The Hall–Kier alpha value is -2.84. The molecule has 2 N–H and O–H groups in total. The molecule has 8 nitrogen and oxygen atoms in total. The van der Waals surface area contributed by atoms with Crippen LogP contribution in [0.4, 0.5) is 11.4 Å². The van der Waals surface area contributed by atoms with E-state index in [0.29, 0.717) is 25.3 Å². The molecule has 0 aliphatic carbocycles. The fourth-order valence-corrected chi connectivity index (χ4v) is 3.28. The molecule has 1 heterocycles. The van der Waals surface area contributed by atoms with Gasteiger partial charge >= 0.3 is 0 Å². The SMILES string of the molecule is COc1ccccc1C1CNCCN1C(=O)CNc1ccccc1[N+](=O)[O-].Cl. The zero-order valence-electron chi connectivity index (χ0n) is 15.5. The van der Waals surface area contributed by atoms with Gasteiger partial charge in [0, 0.05) is 31.3 Å². The average Bonchev–Trinajstić information content (AvgIpc) is 2.72. The number of carbonyl (C=O) groups is 1. The highest BCUT2D eigenvalue weighted by atomic mass is 35.5. The van der Waals surface area contributed by atoms with E-state index < -0.39 is 4.92 Å². The van der Waals surface area contributed by atoms with Gasteiger partial charge in [-0.2, -0.15) is 0 Å². The van der Waals surface area contributed by atoms with E-state index in [1.807, 2.05) is 24.3 Å². The van der Waals surface area contributed by atoms with E-state index in [1.165, 1.54) is 6.07 Å². The maximum absolute atomic E-state index is 12.9. The number of nitro groups is 1. The van der Waals surface area contributed by atoms with Crippen LogP contribution in [-0.4, -0.2) is 49.0 Å². The highest BCUT2D eigenvalue weighted by Crippen LogP contribution is 2.30. The Kier molecular flexibility index (Phi) is 7.60. The van der Waals surface area contributed by atoms with Gasteiger partial charge in [-0.15, -0.1) is 12.4 Å². The molecular formula is C19H23ClN4O4. The average molecular weight is 407 g/mol. The first-order valence-electron chi connectivity index (χ1n) is 8.72. The Bertz CT molecular complexity index is 833. The van der Waals surface area contributed by atoms with Crippen LogP contribution in [0.25, 0.3) is 0 Å². The lowest BCUT2D eigenvalue weighted by molar-refractivity contribution is -0.383. The maximum Gasteiger partial charge on any atom is 0.292 e. The fourth-order valence-electron chi connectivity index (χ4n) is 3.28. The number of piperazine rings is 1. The van der Waals surface area contributed by atoms with Crippen molar-refractivity contribution in [3.8, 4) is 5.75 Å². The van der Waals surface area contributed by atoms with Crippen molar-refractivity contribution in [2.24, 2.45) is 0 Å². The fraction of sp³-hybridized carbons (Fsp3) is 0.316. The largest absolute Gasteiger partial charge is 0.496 e. The summed E-state index contributed by atoms with van der Waals surface area (Å²) in [5, 5.41) is 17.3. The zero-order chi connectivity index (χ0) is 19.2. The summed E-state index contributed by atoms with van der Waals surface area (Å²) < 4.78 is 5.44. The lowest BCUT2D eigenvalue weighted by Crippen LogP contribution is -2.50. The lowest BCUT2D eigenvalue weighted by atomic mass is 10.0. The van der Waals surface area contributed by atoms with Gasteiger partial charge < -0.3 is 20.3 Å². The maximum atomic E-state index is 12.9. The van der Waals surface area contributed by atoms with Gasteiger partial charge in [-0.1, -0.05) is 30.3 Å². The molecule has 2 aromatic rings. The minimum Gasteiger partial charge on any atom is -0.496 e. The van der Waals surface area contributed by atoms with E-state index >= 15 is 0 Å². The summed E-state index contributed by atoms with van der Waals surface area (Å²) >= 11 is 0. The number of nitrogens with zero attached hydrogens (tertiary/aromatic N) is 2. The lowest BCUT2D eigenvalue weighted by Gasteiger charge is -2.37. The van der Waals surface area contributed by atoms with Gasteiger partial charge in [-0.3, -0.25) is 14.9 Å². The summed E-state index contributed by atoms with van der Waals surface area (Å²) in [5.41, 5.74) is 1.22. The second-order valence-electron chi connectivity index (χ2n) is 6.18. The number of hydrogen-bond donors (Lipinski definition) is 2. The number of nitro benzene ring substituents is 1. The van der Waals surface area contributed by atoms with Crippen molar-refractivity contribution in [1.29, 1.82) is 0 Å². The molecule has 0 saturated carbocycles. The first-order valence-corrected chi connectivity index (χ1v) is 8.72. The van der Waals surface area contributed by atoms with Crippen molar-refractivity contribution >= 4 is 29.7 Å². The monoisotopic (exact) mass is 406 g/mol. The number of anilines is 1. The normalized spacial score (nSPS) is 16.0. The Morgan fingerprint density at radius 1 is 1.29 bits per heavy atom. The molecule has 1 atom stereocenters. The smallest absolute Gasteiger partial charge is 0.292 e. The van der Waals surface area contributed by atoms with Crippen LogP contribution in [0.15, 0.2) is 48.5 Å². The van der Waals surface area contributed by atoms with E-state index in [-0.39, 0.29) is 36.6 Å². The van der Waals surface area contributed by atoms with Gasteiger partial charge in [0.05, 0.1) is 24.6 Å². The van der Waals surface area contributed by atoms with Gasteiger partial charge in [0.25, 0.3) is 5.69 Å². The molecule has 0 bridgehead atoms. The second kappa shape index (κ2) is 9.91. The quantitative estimate of drug-likeness (QED) is 0.565. The van der Waals surface area contributed by atoms with Gasteiger partial charge in [0.1, 0.15) is 11.4 Å². The molecule has 9 heteroatoms. The van der Waals surface area contributed by atoms with Crippen LogP contribution in [0.2, 0.25) is 0 Å². The van der Waals surface area contributed by atoms with Crippen LogP contribution < -0.4 is 15.4 Å². The topological polar surface area (TPSA) is 96.7 Å². The molecule has 1 unspecified atom stereocenters. The number of ether oxygens (including phenoxy) is 1. The zero-order valence-corrected chi connectivity index (χ0v) is 16.3. The number of hydrogen-bond acceptors (Lipinski definition) is 6. The van der Waals surface area contributed by atoms with Crippen molar-refractivity contribution in [1.82, 2.24) is 10.2 Å². The third-order valence-electron chi connectivity index (χ3n) is 4.59. The Balaban J connectivity index is 0.00000280. The number of amides is 1. The number of rotatable bonds is 6. The van der Waals surface area contributed by atoms with E-state index in [0.717, 1.165) is 11.3 Å². The Morgan fingerprint density at radius 2 is 2.00 bits per heavy atom. The third-order valence-corrected chi connectivity index (χ3v) is 4.59. The molecule has 1 aliphatic heterocycles. The van der Waals surface area contributed by atoms with E-state index in [4.69, 9.17) is 4.74 Å². The van der Waals surface area contributed by atoms with Crippen molar-refractivity contribution < 1.29 is 14.5 Å². The predicted octanol–water partition coefficient (Wildman–Crippen LogP) is 2.61. The minimum atomic E-state index is -0.463. The molecule has 2 aromatic carbocycles. The number of halogens is 1. The van der Waals surface area contributed by atoms with Gasteiger partial charge in [-0.05, 0) is 12.1 Å². The van der Waals surface area contributed by atoms with Crippen molar-refractivity contribution in [2.75, 3.05) is 38.6 Å². The van der Waals surface area contributed by atoms with Crippen LogP contribution in [-0.2, 0) is 4.79 Å². The van der Waals surface area contributed by atoms with Crippen LogP contribution in [0.1, 0.15) is 11.6 Å². The van der Waals surface area contributed by atoms with Gasteiger partial charge in [-0.25, -0.2) is 0 Å². The first kappa shape index (κ1) is 21.5. The molecule has 0 spiro atoms. The minimum absolute atomic E-state index is 0. The summed E-state index contributed by atoms with van der Waals surface area (Å²) in [6.45, 7) is 1.86. The van der Waals surface area contributed by atoms with Crippen LogP contribution in [0, 0.1) is 10.1 Å². The molecule has 1 fully saturated rings. The summed E-state index contributed by atoms with van der Waals surface area (Å²) in [4.78, 5) is 25.3. The van der Waals surface area contributed by atoms with Crippen molar-refractivity contribution in [2.45, 2.75) is 6.04 Å². The number of carbonyl (C=O) groups excluding carboxylic acids is 1. The molecule has 1 amide bonds.